The normalized spacial score (nSPS) is 18.7. The molecule has 1 aromatic carbocycles. The SMILES string of the molecule is CN1CC(=O)N(CCCC(=O)N2CCCN(Cc3ccc(Cl)cc3)CC2)C1=O. The molecule has 1 aromatic rings. The van der Waals surface area contributed by atoms with Crippen LogP contribution < -0.4 is 0 Å². The Kier molecular flexibility index (Phi) is 6.91. The lowest BCUT2D eigenvalue weighted by Gasteiger charge is -2.22. The van der Waals surface area contributed by atoms with E-state index in [9.17, 15) is 14.4 Å². The van der Waals surface area contributed by atoms with Gasteiger partial charge in [-0.15, -0.1) is 0 Å². The van der Waals surface area contributed by atoms with Crippen LogP contribution >= 0.6 is 11.6 Å². The topological polar surface area (TPSA) is 64.2 Å². The van der Waals surface area contributed by atoms with Gasteiger partial charge in [0, 0.05) is 57.8 Å². The smallest absolute Gasteiger partial charge is 0.326 e. The van der Waals surface area contributed by atoms with Crippen molar-refractivity contribution >= 4 is 29.4 Å². The molecule has 0 radical (unpaired) electrons. The molecule has 0 aromatic heterocycles. The maximum Gasteiger partial charge on any atom is 0.326 e. The first kappa shape index (κ1) is 20.6. The minimum Gasteiger partial charge on any atom is -0.341 e. The highest BCUT2D eigenvalue weighted by atomic mass is 35.5. The molecular formula is C20H27ClN4O3. The number of urea groups is 1. The predicted molar refractivity (Wildman–Crippen MR) is 107 cm³/mol. The fourth-order valence-corrected chi connectivity index (χ4v) is 3.79. The molecule has 8 heteroatoms. The molecule has 2 fully saturated rings. The van der Waals surface area contributed by atoms with E-state index in [0.29, 0.717) is 25.9 Å². The van der Waals surface area contributed by atoms with Crippen molar-refractivity contribution in [1.29, 1.82) is 0 Å². The van der Waals surface area contributed by atoms with Gasteiger partial charge < -0.3 is 9.80 Å². The zero-order valence-corrected chi connectivity index (χ0v) is 17.0. The molecule has 7 nitrogen and oxygen atoms in total. The highest BCUT2D eigenvalue weighted by Crippen LogP contribution is 2.14. The largest absolute Gasteiger partial charge is 0.341 e. The van der Waals surface area contributed by atoms with Crippen LogP contribution in [0.5, 0.6) is 0 Å². The van der Waals surface area contributed by atoms with Gasteiger partial charge in [-0.1, -0.05) is 23.7 Å². The molecule has 3 rings (SSSR count). The summed E-state index contributed by atoms with van der Waals surface area (Å²) in [5.41, 5.74) is 1.22. The van der Waals surface area contributed by atoms with Crippen LogP contribution in [0.4, 0.5) is 4.79 Å². The van der Waals surface area contributed by atoms with Gasteiger partial charge in [-0.2, -0.15) is 0 Å². The lowest BCUT2D eigenvalue weighted by atomic mass is 10.2. The van der Waals surface area contributed by atoms with Crippen molar-refractivity contribution in [2.24, 2.45) is 0 Å². The number of rotatable bonds is 6. The number of carbonyl (C=O) groups excluding carboxylic acids is 3. The molecule has 2 heterocycles. The van der Waals surface area contributed by atoms with Gasteiger partial charge in [0.15, 0.2) is 0 Å². The van der Waals surface area contributed by atoms with E-state index >= 15 is 0 Å². The lowest BCUT2D eigenvalue weighted by molar-refractivity contribution is -0.132. The van der Waals surface area contributed by atoms with E-state index in [1.165, 1.54) is 15.4 Å². The first-order valence-corrected chi connectivity index (χ1v) is 10.1. The summed E-state index contributed by atoms with van der Waals surface area (Å²) < 4.78 is 0. The number of hydrogen-bond donors (Lipinski definition) is 0. The molecule has 28 heavy (non-hydrogen) atoms. The summed E-state index contributed by atoms with van der Waals surface area (Å²) in [6.07, 6.45) is 1.81. The average molecular weight is 407 g/mol. The molecule has 4 amide bonds. The molecule has 2 aliphatic rings. The highest BCUT2D eigenvalue weighted by Gasteiger charge is 2.33. The molecule has 2 saturated heterocycles. The van der Waals surface area contributed by atoms with Gasteiger partial charge in [0.2, 0.25) is 11.8 Å². The molecule has 152 valence electrons. The van der Waals surface area contributed by atoms with E-state index in [4.69, 9.17) is 11.6 Å². The monoisotopic (exact) mass is 406 g/mol. The van der Waals surface area contributed by atoms with Crippen LogP contribution in [-0.2, 0) is 16.1 Å². The standard InChI is InChI=1S/C20H27ClN4O3/c1-22-15-19(27)25(20(22)28)11-2-4-18(26)24-10-3-9-23(12-13-24)14-16-5-7-17(21)8-6-16/h5-8H,2-4,9-15H2,1H3. The fourth-order valence-electron chi connectivity index (χ4n) is 3.66. The summed E-state index contributed by atoms with van der Waals surface area (Å²) in [7, 11) is 1.61. The summed E-state index contributed by atoms with van der Waals surface area (Å²) >= 11 is 5.94. The minimum absolute atomic E-state index is 0.0980. The number of likely N-dealkylation sites (N-methyl/N-ethyl adjacent to an activating group) is 1. The van der Waals surface area contributed by atoms with Crippen molar-refractivity contribution in [3.63, 3.8) is 0 Å². The third-order valence-electron chi connectivity index (χ3n) is 5.26. The minimum atomic E-state index is -0.273. The first-order valence-electron chi connectivity index (χ1n) is 9.74. The van der Waals surface area contributed by atoms with Crippen LogP contribution in [0.3, 0.4) is 0 Å². The van der Waals surface area contributed by atoms with Crippen molar-refractivity contribution in [3.8, 4) is 0 Å². The Morgan fingerprint density at radius 3 is 2.50 bits per heavy atom. The Bertz CT molecular complexity index is 725. The van der Waals surface area contributed by atoms with Crippen molar-refractivity contribution < 1.29 is 14.4 Å². The van der Waals surface area contributed by atoms with Crippen molar-refractivity contribution in [1.82, 2.24) is 19.6 Å². The summed E-state index contributed by atoms with van der Waals surface area (Å²) in [5.74, 6) is -0.0895. The van der Waals surface area contributed by atoms with Crippen molar-refractivity contribution in [3.05, 3.63) is 34.9 Å². The molecule has 0 atom stereocenters. The first-order chi connectivity index (χ1) is 13.4. The van der Waals surface area contributed by atoms with E-state index in [0.717, 1.165) is 37.6 Å². The van der Waals surface area contributed by atoms with E-state index < -0.39 is 0 Å². The van der Waals surface area contributed by atoms with Crippen LogP contribution in [0.2, 0.25) is 5.02 Å². The second-order valence-electron chi connectivity index (χ2n) is 7.42. The number of carbonyl (C=O) groups is 3. The summed E-state index contributed by atoms with van der Waals surface area (Å²) in [6.45, 7) is 4.54. The lowest BCUT2D eigenvalue weighted by Crippen LogP contribution is -2.36. The Hall–Kier alpha value is -2.12. The predicted octanol–water partition coefficient (Wildman–Crippen LogP) is 2.05. The average Bonchev–Trinajstić information content (AvgIpc) is 2.83. The van der Waals surface area contributed by atoms with Crippen LogP contribution in [0.25, 0.3) is 0 Å². The molecule has 0 N–H and O–H groups in total. The molecule has 0 aliphatic carbocycles. The van der Waals surface area contributed by atoms with Crippen molar-refractivity contribution in [2.45, 2.75) is 25.8 Å². The number of nitrogens with zero attached hydrogens (tertiary/aromatic N) is 4. The molecule has 2 aliphatic heterocycles. The summed E-state index contributed by atoms with van der Waals surface area (Å²) in [6, 6.07) is 7.60. The quantitative estimate of drug-likeness (QED) is 0.678. The second-order valence-corrected chi connectivity index (χ2v) is 7.86. The van der Waals surface area contributed by atoms with Gasteiger partial charge in [-0.25, -0.2) is 4.79 Å². The van der Waals surface area contributed by atoms with Crippen LogP contribution in [0, 0.1) is 0 Å². The van der Waals surface area contributed by atoms with E-state index in [-0.39, 0.29) is 24.4 Å². The van der Waals surface area contributed by atoms with E-state index in [1.54, 1.807) is 7.05 Å². The van der Waals surface area contributed by atoms with E-state index in [1.807, 2.05) is 29.2 Å². The number of imide groups is 1. The zero-order chi connectivity index (χ0) is 20.1. The summed E-state index contributed by atoms with van der Waals surface area (Å²) in [5, 5.41) is 0.736. The highest BCUT2D eigenvalue weighted by molar-refractivity contribution is 6.30. The van der Waals surface area contributed by atoms with Crippen LogP contribution in [0.15, 0.2) is 24.3 Å². The molecule has 0 spiro atoms. The second kappa shape index (κ2) is 9.39. The number of amides is 4. The number of hydrogen-bond acceptors (Lipinski definition) is 4. The van der Waals surface area contributed by atoms with Gasteiger partial charge in [0.25, 0.3) is 0 Å². The zero-order valence-electron chi connectivity index (χ0n) is 16.3. The molecular weight excluding hydrogens is 380 g/mol. The Morgan fingerprint density at radius 1 is 1.07 bits per heavy atom. The van der Waals surface area contributed by atoms with Gasteiger partial charge in [0.1, 0.15) is 6.54 Å². The van der Waals surface area contributed by atoms with Gasteiger partial charge in [-0.05, 0) is 30.5 Å². The van der Waals surface area contributed by atoms with Crippen molar-refractivity contribution in [2.75, 3.05) is 46.3 Å². The Labute approximate surface area is 170 Å². The molecule has 0 saturated carbocycles. The van der Waals surface area contributed by atoms with Gasteiger partial charge in [-0.3, -0.25) is 19.4 Å². The van der Waals surface area contributed by atoms with Crippen LogP contribution in [0.1, 0.15) is 24.8 Å². The maximum absolute atomic E-state index is 12.5. The van der Waals surface area contributed by atoms with Gasteiger partial charge >= 0.3 is 6.03 Å². The third kappa shape index (κ3) is 5.23. The van der Waals surface area contributed by atoms with E-state index in [2.05, 4.69) is 4.90 Å². The Morgan fingerprint density at radius 2 is 1.82 bits per heavy atom. The summed E-state index contributed by atoms with van der Waals surface area (Å²) in [4.78, 5) is 43.1. The number of benzene rings is 1. The molecule has 0 unspecified atom stereocenters. The third-order valence-corrected chi connectivity index (χ3v) is 5.52. The Balaban J connectivity index is 1.42. The maximum atomic E-state index is 12.5. The van der Waals surface area contributed by atoms with Crippen LogP contribution in [-0.4, -0.2) is 83.8 Å². The van der Waals surface area contributed by atoms with Gasteiger partial charge in [0.05, 0.1) is 0 Å². The number of halogens is 1. The fraction of sp³-hybridized carbons (Fsp3) is 0.550. The molecule has 0 bridgehead atoms.